The van der Waals surface area contributed by atoms with Crippen molar-refractivity contribution in [3.05, 3.63) is 86.7 Å². The first-order chi connectivity index (χ1) is 15.9. The second-order valence-electron chi connectivity index (χ2n) is 7.09. The number of nitrogens with zero attached hydrogens (tertiary/aromatic N) is 4. The fourth-order valence-corrected chi connectivity index (χ4v) is 4.14. The maximum Gasteiger partial charge on any atom is 0.192 e. The van der Waals surface area contributed by atoms with E-state index in [0.717, 1.165) is 0 Å². The van der Waals surface area contributed by atoms with Crippen molar-refractivity contribution < 1.29 is 11.2 Å². The number of hydrogen-bond acceptors (Lipinski definition) is 2. The van der Waals surface area contributed by atoms with E-state index < -0.39 is 24.6 Å². The molecule has 4 nitrogen and oxygen atoms in total. The molecule has 0 radical (unpaired) electrons. The highest BCUT2D eigenvalue weighted by atomic mass is 35.5. The van der Waals surface area contributed by atoms with Gasteiger partial charge in [-0.25, -0.2) is 13.9 Å². The molecule has 0 spiro atoms. The van der Waals surface area contributed by atoms with Gasteiger partial charge < -0.3 is 0 Å². The van der Waals surface area contributed by atoms with Crippen molar-refractivity contribution in [2.75, 3.05) is 0 Å². The number of hydrogen-bond donors (Lipinski definition) is 0. The van der Waals surface area contributed by atoms with Crippen LogP contribution in [0.5, 0.6) is 0 Å². The van der Waals surface area contributed by atoms with E-state index in [1.165, 1.54) is 21.7 Å². The molecule has 0 fully saturated rings. The monoisotopic (exact) mass is 411 g/mol. The van der Waals surface area contributed by atoms with Crippen LogP contribution in [0.1, 0.15) is 41.3 Å². The molecule has 2 aliphatic rings. The summed E-state index contributed by atoms with van der Waals surface area (Å²) in [5.41, 5.74) is 2.12. The lowest BCUT2D eigenvalue weighted by atomic mass is 9.91. The second kappa shape index (κ2) is 6.98. The molecule has 1 aromatic heterocycles. The SMILES string of the molecule is [2H]C1([2H])Cc2nn(-c3ccccc3Cl)c(C)c2C([2H])([2H])C1([2H])N1Cc2c(F)ccc([N+]#[C-])c2C1. The van der Waals surface area contributed by atoms with Crippen molar-refractivity contribution in [1.29, 1.82) is 0 Å². The van der Waals surface area contributed by atoms with Gasteiger partial charge in [-0.3, -0.25) is 4.90 Å². The van der Waals surface area contributed by atoms with Crippen molar-refractivity contribution in [1.82, 2.24) is 14.7 Å². The molecule has 0 saturated carbocycles. The van der Waals surface area contributed by atoms with Crippen LogP contribution in [0.15, 0.2) is 36.4 Å². The molecule has 0 amide bonds. The van der Waals surface area contributed by atoms with E-state index in [2.05, 4.69) is 9.94 Å². The Hall–Kier alpha value is -2.68. The molecular formula is C23H20ClFN4. The molecule has 3 aromatic rings. The van der Waals surface area contributed by atoms with Crippen LogP contribution >= 0.6 is 11.6 Å². The van der Waals surface area contributed by atoms with Gasteiger partial charge in [-0.2, -0.15) is 5.10 Å². The van der Waals surface area contributed by atoms with Gasteiger partial charge in [0.1, 0.15) is 5.82 Å². The zero-order valence-electron chi connectivity index (χ0n) is 20.6. The van der Waals surface area contributed by atoms with Crippen molar-refractivity contribution in [3.8, 4) is 5.69 Å². The Bertz CT molecular complexity index is 1380. The standard InChI is InChI=1S/C23H20ClFN4/c1-14-16-11-15(28-12-17-18(13-28)21(26-2)10-8-20(17)25)7-9-22(16)27-29(14)23-6-4-3-5-19(23)24/h3-6,8,10,15H,7,9,11-13H2,1H3/i7D2,11D2,15D. The number of benzene rings is 2. The van der Waals surface area contributed by atoms with Gasteiger partial charge in [0.05, 0.1) is 23.0 Å². The van der Waals surface area contributed by atoms with E-state index in [1.807, 2.05) is 0 Å². The molecule has 1 atom stereocenters. The third-order valence-corrected chi connectivity index (χ3v) is 5.74. The fraction of sp³-hybridized carbons (Fsp3) is 0.304. The number of fused-ring (bicyclic) bond motifs is 2. The summed E-state index contributed by atoms with van der Waals surface area (Å²) in [6.45, 7) is 8.80. The van der Waals surface area contributed by atoms with E-state index in [4.69, 9.17) is 23.7 Å². The summed E-state index contributed by atoms with van der Waals surface area (Å²) in [6.07, 6.45) is -5.18. The van der Waals surface area contributed by atoms with Crippen LogP contribution < -0.4 is 0 Å². The van der Waals surface area contributed by atoms with Crippen LogP contribution in [-0.4, -0.2) is 20.7 Å². The maximum absolute atomic E-state index is 14.6. The highest BCUT2D eigenvalue weighted by molar-refractivity contribution is 6.32. The molecule has 146 valence electrons. The molecule has 0 bridgehead atoms. The van der Waals surface area contributed by atoms with Crippen LogP contribution in [0, 0.1) is 19.3 Å². The molecule has 1 aliphatic carbocycles. The van der Waals surface area contributed by atoms with Gasteiger partial charge in [-0.05, 0) is 61.0 Å². The Morgan fingerprint density at radius 3 is 2.83 bits per heavy atom. The zero-order valence-corrected chi connectivity index (χ0v) is 16.4. The molecule has 1 unspecified atom stereocenters. The van der Waals surface area contributed by atoms with Crippen LogP contribution in [0.2, 0.25) is 5.02 Å². The van der Waals surface area contributed by atoms with Gasteiger partial charge in [-0.1, -0.05) is 29.8 Å². The van der Waals surface area contributed by atoms with Gasteiger partial charge in [-0.15, -0.1) is 0 Å². The molecule has 1 aliphatic heterocycles. The van der Waals surface area contributed by atoms with E-state index in [1.54, 1.807) is 31.2 Å². The smallest absolute Gasteiger partial charge is 0.192 e. The summed E-state index contributed by atoms with van der Waals surface area (Å²) in [5, 5.41) is 4.90. The Morgan fingerprint density at radius 1 is 1.24 bits per heavy atom. The van der Waals surface area contributed by atoms with Crippen molar-refractivity contribution in [3.63, 3.8) is 0 Å². The predicted molar refractivity (Wildman–Crippen MR) is 111 cm³/mol. The van der Waals surface area contributed by atoms with Crippen LogP contribution in [-0.2, 0) is 25.9 Å². The number of para-hydroxylation sites is 1. The van der Waals surface area contributed by atoms with Crippen molar-refractivity contribution in [2.24, 2.45) is 0 Å². The van der Waals surface area contributed by atoms with E-state index in [-0.39, 0.29) is 42.0 Å². The summed E-state index contributed by atoms with van der Waals surface area (Å²) in [6, 6.07) is 7.10. The maximum atomic E-state index is 14.6. The molecule has 5 rings (SSSR count). The fourth-order valence-electron chi connectivity index (χ4n) is 3.93. The molecular weight excluding hydrogens is 387 g/mol. The predicted octanol–water partition coefficient (Wildman–Crippen LogP) is 5.40. The van der Waals surface area contributed by atoms with Gasteiger partial charge in [0.25, 0.3) is 0 Å². The first-order valence-electron chi connectivity index (χ1n) is 11.7. The summed E-state index contributed by atoms with van der Waals surface area (Å²) in [7, 11) is 0. The number of halogens is 2. The van der Waals surface area contributed by atoms with Crippen molar-refractivity contribution >= 4 is 17.3 Å². The first kappa shape index (κ1) is 13.5. The lowest BCUT2D eigenvalue weighted by Gasteiger charge is -2.30. The molecule has 0 N–H and O–H groups in total. The van der Waals surface area contributed by atoms with E-state index in [9.17, 15) is 5.76 Å². The normalized spacial score (nSPS) is 26.9. The number of rotatable bonds is 2. The average molecular weight is 412 g/mol. The topological polar surface area (TPSA) is 25.4 Å². The molecule has 2 aromatic carbocycles. The largest absolute Gasteiger partial charge is 0.293 e. The minimum Gasteiger partial charge on any atom is -0.293 e. The molecule has 6 heteroatoms. The summed E-state index contributed by atoms with van der Waals surface area (Å²) >= 11 is 6.34. The highest BCUT2D eigenvalue weighted by Crippen LogP contribution is 2.37. The van der Waals surface area contributed by atoms with Gasteiger partial charge >= 0.3 is 0 Å². The third kappa shape index (κ3) is 2.95. The molecule has 29 heavy (non-hydrogen) atoms. The Morgan fingerprint density at radius 2 is 2.03 bits per heavy atom. The van der Waals surface area contributed by atoms with Gasteiger partial charge in [0.2, 0.25) is 0 Å². The van der Waals surface area contributed by atoms with Gasteiger partial charge in [0.15, 0.2) is 5.69 Å². The zero-order chi connectivity index (χ0) is 24.6. The Balaban J connectivity index is 1.66. The van der Waals surface area contributed by atoms with Crippen LogP contribution in [0.4, 0.5) is 10.1 Å². The minimum absolute atomic E-state index is 0.0969. The summed E-state index contributed by atoms with van der Waals surface area (Å²) in [5.74, 6) is -0.547. The summed E-state index contributed by atoms with van der Waals surface area (Å²) < 4.78 is 61.1. The highest BCUT2D eigenvalue weighted by Gasteiger charge is 2.33. The number of aryl methyl sites for hydroxylation is 1. The molecule has 2 heterocycles. The average Bonchev–Trinajstić information content (AvgIpc) is 3.35. The van der Waals surface area contributed by atoms with E-state index in [0.29, 0.717) is 22.0 Å². The lowest BCUT2D eigenvalue weighted by Crippen LogP contribution is -2.35. The summed E-state index contributed by atoms with van der Waals surface area (Å²) in [4.78, 5) is 4.75. The third-order valence-electron chi connectivity index (χ3n) is 5.42. The van der Waals surface area contributed by atoms with Gasteiger partial charge in [0, 0.05) is 31.7 Å². The Labute approximate surface area is 181 Å². The first-order valence-corrected chi connectivity index (χ1v) is 9.58. The Kier molecular flexibility index (Phi) is 3.26. The van der Waals surface area contributed by atoms with Crippen LogP contribution in [0.25, 0.3) is 10.5 Å². The van der Waals surface area contributed by atoms with Crippen LogP contribution in [0.3, 0.4) is 0 Å². The van der Waals surface area contributed by atoms with E-state index >= 15 is 0 Å². The van der Waals surface area contributed by atoms with Crippen molar-refractivity contribution in [2.45, 2.75) is 45.2 Å². The minimum atomic E-state index is -2.51. The second-order valence-corrected chi connectivity index (χ2v) is 7.50. The lowest BCUT2D eigenvalue weighted by molar-refractivity contribution is 0.180. The number of aromatic nitrogens is 2. The quantitative estimate of drug-likeness (QED) is 0.528. The molecule has 0 saturated heterocycles.